The van der Waals surface area contributed by atoms with Gasteiger partial charge in [-0.05, 0) is 34.1 Å². The van der Waals surface area contributed by atoms with E-state index >= 15 is 0 Å². The van der Waals surface area contributed by atoms with Crippen molar-refractivity contribution in [3.8, 4) is 0 Å². The Balaban J connectivity index is 1.90. The number of carbonyl (C=O) groups excluding carboxylic acids is 1. The van der Waals surface area contributed by atoms with Crippen molar-refractivity contribution in [2.75, 3.05) is 6.67 Å². The first-order valence-corrected chi connectivity index (χ1v) is 7.73. The maximum absolute atomic E-state index is 12.3. The Kier molecular flexibility index (Phi) is 3.75. The van der Waals surface area contributed by atoms with E-state index in [-0.39, 0.29) is 17.9 Å². The molecule has 0 spiro atoms. The van der Waals surface area contributed by atoms with Crippen LogP contribution in [-0.2, 0) is 9.53 Å². The first-order chi connectivity index (χ1) is 10.8. The number of aliphatic imine (C=N–C) groups is 2. The molecular formula is C16H22N4O3. The fourth-order valence-corrected chi connectivity index (χ4v) is 2.87. The van der Waals surface area contributed by atoms with Crippen LogP contribution in [0.5, 0.6) is 0 Å². The predicted octanol–water partition coefficient (Wildman–Crippen LogP) is 1.91. The van der Waals surface area contributed by atoms with E-state index in [4.69, 9.17) is 4.74 Å². The summed E-state index contributed by atoms with van der Waals surface area (Å²) >= 11 is 0. The van der Waals surface area contributed by atoms with Crippen molar-refractivity contribution < 1.29 is 14.7 Å². The van der Waals surface area contributed by atoms with Crippen molar-refractivity contribution in [3.05, 3.63) is 23.7 Å². The van der Waals surface area contributed by atoms with Gasteiger partial charge >= 0.3 is 5.97 Å². The lowest BCUT2D eigenvalue weighted by Gasteiger charge is -2.32. The lowest BCUT2D eigenvalue weighted by atomic mass is 9.89. The molecule has 3 aliphatic heterocycles. The molecule has 2 atom stereocenters. The van der Waals surface area contributed by atoms with E-state index in [1.54, 1.807) is 18.6 Å². The van der Waals surface area contributed by atoms with Gasteiger partial charge in [0.2, 0.25) is 0 Å². The molecule has 0 aromatic heterocycles. The molecule has 2 unspecified atom stereocenters. The second-order valence-electron chi connectivity index (χ2n) is 7.01. The molecule has 0 aliphatic carbocycles. The minimum atomic E-state index is -0.544. The van der Waals surface area contributed by atoms with E-state index in [1.807, 2.05) is 32.6 Å². The maximum Gasteiger partial charge on any atom is 0.336 e. The van der Waals surface area contributed by atoms with Gasteiger partial charge < -0.3 is 9.64 Å². The average molecular weight is 318 g/mol. The van der Waals surface area contributed by atoms with Crippen molar-refractivity contribution >= 4 is 18.0 Å². The topological polar surface area (TPSA) is 77.7 Å². The molecule has 124 valence electrons. The number of carbonyl (C=O) groups is 1. The SMILES string of the molecule is CC1C2CC(C(=O)OC(C)(C)C)=CN=C2N2CN=CC2=CN1O. The van der Waals surface area contributed by atoms with Crippen LogP contribution >= 0.6 is 0 Å². The van der Waals surface area contributed by atoms with E-state index in [2.05, 4.69) is 9.98 Å². The van der Waals surface area contributed by atoms with E-state index in [0.29, 0.717) is 18.7 Å². The summed E-state index contributed by atoms with van der Waals surface area (Å²) in [5.74, 6) is 0.361. The predicted molar refractivity (Wildman–Crippen MR) is 85.8 cm³/mol. The van der Waals surface area contributed by atoms with Crippen LogP contribution in [0, 0.1) is 5.92 Å². The zero-order chi connectivity index (χ0) is 16.8. The molecular weight excluding hydrogens is 296 g/mol. The minimum absolute atomic E-state index is 0.108. The molecule has 7 nitrogen and oxygen atoms in total. The largest absolute Gasteiger partial charge is 0.457 e. The zero-order valence-corrected chi connectivity index (χ0v) is 13.9. The van der Waals surface area contributed by atoms with Gasteiger partial charge in [-0.15, -0.1) is 0 Å². The molecule has 0 radical (unpaired) electrons. The Bertz CT molecular complexity index is 642. The number of esters is 1. The van der Waals surface area contributed by atoms with Crippen molar-refractivity contribution in [2.24, 2.45) is 15.9 Å². The second-order valence-corrected chi connectivity index (χ2v) is 7.01. The molecule has 1 N–H and O–H groups in total. The molecule has 0 saturated carbocycles. The number of fused-ring (bicyclic) bond motifs is 3. The van der Waals surface area contributed by atoms with Gasteiger partial charge in [0, 0.05) is 18.3 Å². The van der Waals surface area contributed by atoms with Crippen molar-refractivity contribution in [2.45, 2.75) is 45.8 Å². The highest BCUT2D eigenvalue weighted by atomic mass is 16.6. The molecule has 0 amide bonds. The van der Waals surface area contributed by atoms with Gasteiger partial charge in [-0.2, -0.15) is 0 Å². The summed E-state index contributed by atoms with van der Waals surface area (Å²) in [7, 11) is 0. The summed E-state index contributed by atoms with van der Waals surface area (Å²) in [6, 6.07) is -0.202. The van der Waals surface area contributed by atoms with Crippen LogP contribution in [0.25, 0.3) is 0 Å². The molecule has 3 aliphatic rings. The number of nitrogens with zero attached hydrogens (tertiary/aromatic N) is 4. The summed E-state index contributed by atoms with van der Waals surface area (Å²) in [5.41, 5.74) is 0.782. The third-order valence-corrected chi connectivity index (χ3v) is 4.08. The monoisotopic (exact) mass is 318 g/mol. The molecule has 0 aromatic rings. The van der Waals surface area contributed by atoms with Crippen LogP contribution in [-0.4, -0.2) is 51.5 Å². The summed E-state index contributed by atoms with van der Waals surface area (Å²) < 4.78 is 5.43. The normalized spacial score (nSPS) is 26.7. The van der Waals surface area contributed by atoms with E-state index in [9.17, 15) is 10.0 Å². The van der Waals surface area contributed by atoms with Crippen molar-refractivity contribution in [1.29, 1.82) is 0 Å². The number of allylic oxidation sites excluding steroid dienone is 1. The standard InChI is InChI=1S/C16H22N4O3/c1-10-13-5-11(15(21)23-16(2,3)4)6-18-14(13)19-9-17-7-12(19)8-20(10)22/h6-8,10,13,22H,5,9H2,1-4H3. The summed E-state index contributed by atoms with van der Waals surface area (Å²) in [5, 5.41) is 11.4. The Morgan fingerprint density at radius 2 is 2.17 bits per heavy atom. The maximum atomic E-state index is 12.3. The highest BCUT2D eigenvalue weighted by Gasteiger charge is 2.39. The lowest BCUT2D eigenvalue weighted by molar-refractivity contribution is -0.150. The third kappa shape index (κ3) is 3.01. The van der Waals surface area contributed by atoms with Crippen LogP contribution in [0.4, 0.5) is 0 Å². The van der Waals surface area contributed by atoms with E-state index < -0.39 is 5.60 Å². The van der Waals surface area contributed by atoms with Gasteiger partial charge in [-0.1, -0.05) is 0 Å². The zero-order valence-electron chi connectivity index (χ0n) is 13.9. The average Bonchev–Trinajstić information content (AvgIpc) is 2.88. The van der Waals surface area contributed by atoms with Crippen LogP contribution in [0.15, 0.2) is 33.7 Å². The van der Waals surface area contributed by atoms with Gasteiger partial charge in [0.1, 0.15) is 18.1 Å². The van der Waals surface area contributed by atoms with Crippen molar-refractivity contribution in [3.63, 3.8) is 0 Å². The van der Waals surface area contributed by atoms with Gasteiger partial charge in [0.05, 0.1) is 23.5 Å². The lowest BCUT2D eigenvalue weighted by Crippen LogP contribution is -2.42. The summed E-state index contributed by atoms with van der Waals surface area (Å²) in [4.78, 5) is 23.0. The smallest absolute Gasteiger partial charge is 0.336 e. The third-order valence-electron chi connectivity index (χ3n) is 4.08. The van der Waals surface area contributed by atoms with Crippen LogP contribution in [0.2, 0.25) is 0 Å². The number of amidine groups is 1. The number of hydroxylamine groups is 2. The Morgan fingerprint density at radius 1 is 1.43 bits per heavy atom. The molecule has 23 heavy (non-hydrogen) atoms. The number of rotatable bonds is 1. The Hall–Kier alpha value is -2.15. The first kappa shape index (κ1) is 15.7. The van der Waals surface area contributed by atoms with E-state index in [1.165, 1.54) is 5.06 Å². The number of hydrogen-bond donors (Lipinski definition) is 1. The van der Waals surface area contributed by atoms with Gasteiger partial charge in [-0.25, -0.2) is 9.79 Å². The highest BCUT2D eigenvalue weighted by Crippen LogP contribution is 2.32. The number of hydrogen-bond acceptors (Lipinski definition) is 7. The molecule has 0 saturated heterocycles. The highest BCUT2D eigenvalue weighted by molar-refractivity contribution is 5.98. The molecule has 0 bridgehead atoms. The quantitative estimate of drug-likeness (QED) is 0.747. The summed E-state index contributed by atoms with van der Waals surface area (Å²) in [6.07, 6.45) is 5.42. The van der Waals surface area contributed by atoms with Gasteiger partial charge in [0.25, 0.3) is 0 Å². The Labute approximate surface area is 135 Å². The first-order valence-electron chi connectivity index (χ1n) is 7.73. The molecule has 0 fully saturated rings. The fourth-order valence-electron chi connectivity index (χ4n) is 2.87. The fraction of sp³-hybridized carbons (Fsp3) is 0.562. The molecule has 3 heterocycles. The van der Waals surface area contributed by atoms with Crippen LogP contribution in [0.3, 0.4) is 0 Å². The second kappa shape index (κ2) is 5.49. The molecule has 0 aromatic carbocycles. The van der Waals surface area contributed by atoms with Crippen LogP contribution < -0.4 is 0 Å². The molecule has 7 heteroatoms. The van der Waals surface area contributed by atoms with Gasteiger partial charge in [-0.3, -0.25) is 15.3 Å². The van der Waals surface area contributed by atoms with Crippen molar-refractivity contribution in [1.82, 2.24) is 9.96 Å². The van der Waals surface area contributed by atoms with E-state index in [0.717, 1.165) is 11.5 Å². The number of ether oxygens (including phenoxy) is 1. The van der Waals surface area contributed by atoms with Gasteiger partial charge in [0.15, 0.2) is 0 Å². The van der Waals surface area contributed by atoms with Crippen LogP contribution in [0.1, 0.15) is 34.1 Å². The molecule has 3 rings (SSSR count). The summed E-state index contributed by atoms with van der Waals surface area (Å²) in [6.45, 7) is 7.91. The minimum Gasteiger partial charge on any atom is -0.457 e. The Morgan fingerprint density at radius 3 is 2.87 bits per heavy atom.